The molecule has 78 valence electrons. The summed E-state index contributed by atoms with van der Waals surface area (Å²) in [7, 11) is 4.72. The van der Waals surface area contributed by atoms with Gasteiger partial charge in [0.05, 0.1) is 13.2 Å². The third-order valence-corrected chi connectivity index (χ3v) is 2.09. The van der Waals surface area contributed by atoms with Gasteiger partial charge in [0.2, 0.25) is 5.91 Å². The van der Waals surface area contributed by atoms with Gasteiger partial charge in [-0.1, -0.05) is 6.92 Å². The molecule has 0 aromatic rings. The zero-order valence-corrected chi connectivity index (χ0v) is 9.03. The van der Waals surface area contributed by atoms with E-state index >= 15 is 0 Å². The Morgan fingerprint density at radius 2 is 1.92 bits per heavy atom. The fourth-order valence-corrected chi connectivity index (χ4v) is 1.10. The largest absolute Gasteiger partial charge is 0.382 e. The average Bonchev–Trinajstić information content (AvgIpc) is 2.14. The molecule has 0 aromatic carbocycles. The van der Waals surface area contributed by atoms with E-state index in [4.69, 9.17) is 9.57 Å². The number of carbonyl (C=O) groups excluding carboxylic acids is 1. The maximum absolute atomic E-state index is 11.5. The summed E-state index contributed by atoms with van der Waals surface area (Å²) >= 11 is 0. The number of hydrogen-bond acceptors (Lipinski definition) is 3. The van der Waals surface area contributed by atoms with Crippen molar-refractivity contribution in [2.75, 3.05) is 21.3 Å². The van der Waals surface area contributed by atoms with Crippen LogP contribution >= 0.6 is 0 Å². The monoisotopic (exact) mass is 189 g/mol. The molecule has 0 aliphatic carbocycles. The van der Waals surface area contributed by atoms with Gasteiger partial charge in [-0.05, 0) is 13.3 Å². The SMILES string of the molecule is CO[C@H](C)C[C@H](C)C(=O)N(C)OC. The van der Waals surface area contributed by atoms with Crippen LogP contribution in [0, 0.1) is 5.92 Å². The summed E-state index contributed by atoms with van der Waals surface area (Å²) in [4.78, 5) is 16.3. The molecule has 0 bridgehead atoms. The van der Waals surface area contributed by atoms with Crippen molar-refractivity contribution in [3.63, 3.8) is 0 Å². The second kappa shape index (κ2) is 5.94. The highest BCUT2D eigenvalue weighted by molar-refractivity contribution is 5.77. The second-order valence-electron chi connectivity index (χ2n) is 3.20. The summed E-state index contributed by atoms with van der Waals surface area (Å²) in [5.41, 5.74) is 0. The lowest BCUT2D eigenvalue weighted by molar-refractivity contribution is -0.173. The summed E-state index contributed by atoms with van der Waals surface area (Å²) in [6.07, 6.45) is 0.812. The van der Waals surface area contributed by atoms with E-state index < -0.39 is 0 Å². The van der Waals surface area contributed by atoms with Gasteiger partial charge in [-0.2, -0.15) is 0 Å². The summed E-state index contributed by atoms with van der Waals surface area (Å²) in [5.74, 6) is -0.0914. The highest BCUT2D eigenvalue weighted by atomic mass is 16.7. The van der Waals surface area contributed by atoms with E-state index in [1.165, 1.54) is 12.2 Å². The Kier molecular flexibility index (Phi) is 5.66. The molecule has 0 N–H and O–H groups in total. The van der Waals surface area contributed by atoms with Crippen molar-refractivity contribution < 1.29 is 14.4 Å². The number of rotatable bonds is 5. The summed E-state index contributed by atoms with van der Waals surface area (Å²) in [5, 5.41) is 1.24. The van der Waals surface area contributed by atoms with Crippen molar-refractivity contribution in [1.29, 1.82) is 0 Å². The van der Waals surface area contributed by atoms with Crippen LogP contribution in [0.1, 0.15) is 20.3 Å². The predicted octanol–water partition coefficient (Wildman–Crippen LogP) is 1.07. The van der Waals surface area contributed by atoms with E-state index in [1.54, 1.807) is 14.2 Å². The van der Waals surface area contributed by atoms with Gasteiger partial charge in [0.25, 0.3) is 0 Å². The molecule has 0 saturated heterocycles. The lowest BCUT2D eigenvalue weighted by Gasteiger charge is -2.20. The van der Waals surface area contributed by atoms with Crippen molar-refractivity contribution in [3.05, 3.63) is 0 Å². The molecule has 0 unspecified atom stereocenters. The molecule has 4 nitrogen and oxygen atoms in total. The highest BCUT2D eigenvalue weighted by Crippen LogP contribution is 2.10. The molecule has 0 heterocycles. The maximum atomic E-state index is 11.5. The first-order valence-corrected chi connectivity index (χ1v) is 4.37. The maximum Gasteiger partial charge on any atom is 0.248 e. The molecule has 4 heteroatoms. The quantitative estimate of drug-likeness (QED) is 0.607. The molecule has 0 radical (unpaired) electrons. The van der Waals surface area contributed by atoms with Gasteiger partial charge >= 0.3 is 0 Å². The van der Waals surface area contributed by atoms with Crippen molar-refractivity contribution in [1.82, 2.24) is 5.06 Å². The minimum Gasteiger partial charge on any atom is -0.382 e. The molecule has 0 aliphatic heterocycles. The molecule has 2 atom stereocenters. The smallest absolute Gasteiger partial charge is 0.248 e. The van der Waals surface area contributed by atoms with Crippen LogP contribution in [0.4, 0.5) is 0 Å². The first-order chi connectivity index (χ1) is 6.02. The molecule has 0 spiro atoms. The summed E-state index contributed by atoms with van der Waals surface area (Å²) in [6, 6.07) is 0. The Morgan fingerprint density at radius 3 is 2.31 bits per heavy atom. The number of amides is 1. The lowest BCUT2D eigenvalue weighted by atomic mass is 10.0. The number of hydrogen-bond donors (Lipinski definition) is 0. The molecular formula is C9H19NO3. The van der Waals surface area contributed by atoms with E-state index in [2.05, 4.69) is 0 Å². The molecule has 0 aliphatic rings. The van der Waals surface area contributed by atoms with Gasteiger partial charge in [-0.15, -0.1) is 0 Å². The lowest BCUT2D eigenvalue weighted by Crippen LogP contribution is -2.32. The minimum absolute atomic E-state index is 0.0219. The van der Waals surface area contributed by atoms with Crippen LogP contribution in [0.3, 0.4) is 0 Å². The molecule has 0 aromatic heterocycles. The number of ether oxygens (including phenoxy) is 1. The second-order valence-corrected chi connectivity index (χ2v) is 3.20. The van der Waals surface area contributed by atoms with Crippen LogP contribution in [0.25, 0.3) is 0 Å². The van der Waals surface area contributed by atoms with Gasteiger partial charge < -0.3 is 4.74 Å². The molecular weight excluding hydrogens is 170 g/mol. The Balaban J connectivity index is 3.95. The first-order valence-electron chi connectivity index (χ1n) is 4.37. The zero-order chi connectivity index (χ0) is 10.4. The van der Waals surface area contributed by atoms with E-state index in [1.807, 2.05) is 13.8 Å². The topological polar surface area (TPSA) is 38.8 Å². The zero-order valence-electron chi connectivity index (χ0n) is 9.03. The number of carbonyl (C=O) groups is 1. The standard InChI is InChI=1S/C9H19NO3/c1-7(6-8(2)12-4)9(11)10(3)13-5/h7-8H,6H2,1-5H3/t7-,8+/m0/s1. The summed E-state index contributed by atoms with van der Waals surface area (Å²) in [6.45, 7) is 3.81. The molecule has 0 rings (SSSR count). The predicted molar refractivity (Wildman–Crippen MR) is 50.0 cm³/mol. The van der Waals surface area contributed by atoms with E-state index in [0.29, 0.717) is 6.42 Å². The van der Waals surface area contributed by atoms with Crippen LogP contribution in [0.2, 0.25) is 0 Å². The Morgan fingerprint density at radius 1 is 1.38 bits per heavy atom. The van der Waals surface area contributed by atoms with E-state index in [9.17, 15) is 4.79 Å². The average molecular weight is 189 g/mol. The third kappa shape index (κ3) is 4.24. The van der Waals surface area contributed by atoms with Crippen LogP contribution in [-0.4, -0.2) is 38.3 Å². The van der Waals surface area contributed by atoms with Gasteiger partial charge in [0.15, 0.2) is 0 Å². The van der Waals surface area contributed by atoms with Crippen LogP contribution < -0.4 is 0 Å². The van der Waals surface area contributed by atoms with Crippen molar-refractivity contribution in [2.24, 2.45) is 5.92 Å². The van der Waals surface area contributed by atoms with E-state index in [-0.39, 0.29) is 17.9 Å². The van der Waals surface area contributed by atoms with Gasteiger partial charge in [-0.25, -0.2) is 5.06 Å². The van der Waals surface area contributed by atoms with Crippen LogP contribution in [0.15, 0.2) is 0 Å². The molecule has 13 heavy (non-hydrogen) atoms. The number of methoxy groups -OCH3 is 1. The fourth-order valence-electron chi connectivity index (χ4n) is 1.10. The van der Waals surface area contributed by atoms with Gasteiger partial charge in [-0.3, -0.25) is 9.63 Å². The highest BCUT2D eigenvalue weighted by Gasteiger charge is 2.19. The van der Waals surface area contributed by atoms with Gasteiger partial charge in [0, 0.05) is 20.1 Å². The Bertz CT molecular complexity index is 161. The first kappa shape index (κ1) is 12.4. The Labute approximate surface area is 79.8 Å². The van der Waals surface area contributed by atoms with E-state index in [0.717, 1.165) is 0 Å². The number of nitrogens with zero attached hydrogens (tertiary/aromatic N) is 1. The Hall–Kier alpha value is -0.610. The molecule has 1 amide bonds. The van der Waals surface area contributed by atoms with Gasteiger partial charge in [0.1, 0.15) is 0 Å². The van der Waals surface area contributed by atoms with Crippen LogP contribution in [0.5, 0.6) is 0 Å². The molecule has 0 saturated carbocycles. The van der Waals surface area contributed by atoms with Crippen molar-refractivity contribution in [3.8, 4) is 0 Å². The minimum atomic E-state index is -0.0695. The van der Waals surface area contributed by atoms with Crippen LogP contribution in [-0.2, 0) is 14.4 Å². The summed E-state index contributed by atoms with van der Waals surface area (Å²) < 4.78 is 5.07. The van der Waals surface area contributed by atoms with Crippen molar-refractivity contribution in [2.45, 2.75) is 26.4 Å². The normalized spacial score (nSPS) is 15.2. The number of hydroxylamine groups is 2. The molecule has 0 fully saturated rings. The third-order valence-electron chi connectivity index (χ3n) is 2.09. The fraction of sp³-hybridized carbons (Fsp3) is 0.889. The van der Waals surface area contributed by atoms with Crippen molar-refractivity contribution >= 4 is 5.91 Å².